The van der Waals surface area contributed by atoms with Crippen LogP contribution in [0.15, 0.2) is 0 Å². The van der Waals surface area contributed by atoms with Crippen molar-refractivity contribution < 1.29 is 14.3 Å². The summed E-state index contributed by atoms with van der Waals surface area (Å²) in [6, 6.07) is 0. The standard InChI is InChI=1S/C12H23NO3/c1-8-12(3,4)7-6-10(16-8)11(15-5)13-9(2)14/h8,10-11H,6-7H2,1-5H3,(H,13,14)/t8-,10+,11+/m1/s1. The number of amides is 1. The summed E-state index contributed by atoms with van der Waals surface area (Å²) in [5, 5.41) is 2.76. The molecule has 4 heteroatoms. The normalized spacial score (nSPS) is 30.8. The van der Waals surface area contributed by atoms with Crippen LogP contribution in [0.5, 0.6) is 0 Å². The van der Waals surface area contributed by atoms with Gasteiger partial charge in [-0.15, -0.1) is 0 Å². The van der Waals surface area contributed by atoms with Crippen LogP contribution in [0, 0.1) is 5.41 Å². The molecule has 0 aromatic heterocycles. The van der Waals surface area contributed by atoms with Gasteiger partial charge in [0.25, 0.3) is 0 Å². The number of ether oxygens (including phenoxy) is 2. The zero-order chi connectivity index (χ0) is 12.3. The molecule has 1 rings (SSSR count). The highest BCUT2D eigenvalue weighted by molar-refractivity contribution is 5.73. The first-order valence-corrected chi connectivity index (χ1v) is 5.82. The predicted molar refractivity (Wildman–Crippen MR) is 62.0 cm³/mol. The van der Waals surface area contributed by atoms with Gasteiger partial charge in [-0.2, -0.15) is 0 Å². The molecule has 0 saturated carbocycles. The molecule has 1 aliphatic heterocycles. The van der Waals surface area contributed by atoms with Gasteiger partial charge in [0.1, 0.15) is 6.10 Å². The Balaban J connectivity index is 2.58. The average Bonchev–Trinajstić information content (AvgIpc) is 2.18. The molecule has 1 aliphatic rings. The number of rotatable bonds is 3. The van der Waals surface area contributed by atoms with Crippen molar-refractivity contribution in [2.75, 3.05) is 7.11 Å². The lowest BCUT2D eigenvalue weighted by atomic mass is 9.79. The van der Waals surface area contributed by atoms with Crippen LogP contribution in [0.2, 0.25) is 0 Å². The number of carbonyl (C=O) groups is 1. The predicted octanol–water partition coefficient (Wildman–Crippen LogP) is 1.69. The molecular weight excluding hydrogens is 206 g/mol. The first-order chi connectivity index (χ1) is 7.36. The Labute approximate surface area is 97.7 Å². The molecule has 16 heavy (non-hydrogen) atoms. The van der Waals surface area contributed by atoms with Crippen molar-refractivity contribution in [2.45, 2.75) is 59.0 Å². The first-order valence-electron chi connectivity index (χ1n) is 5.82. The molecule has 1 saturated heterocycles. The molecule has 1 amide bonds. The van der Waals surface area contributed by atoms with Gasteiger partial charge in [0.05, 0.1) is 6.10 Å². The molecule has 1 heterocycles. The second kappa shape index (κ2) is 5.15. The van der Waals surface area contributed by atoms with Gasteiger partial charge >= 0.3 is 0 Å². The minimum atomic E-state index is -0.337. The van der Waals surface area contributed by atoms with Crippen molar-refractivity contribution in [1.82, 2.24) is 5.32 Å². The van der Waals surface area contributed by atoms with Crippen molar-refractivity contribution >= 4 is 5.91 Å². The quantitative estimate of drug-likeness (QED) is 0.749. The first kappa shape index (κ1) is 13.5. The fourth-order valence-electron chi connectivity index (χ4n) is 1.96. The smallest absolute Gasteiger partial charge is 0.218 e. The highest BCUT2D eigenvalue weighted by atomic mass is 16.6. The van der Waals surface area contributed by atoms with Crippen molar-refractivity contribution in [3.63, 3.8) is 0 Å². The Hall–Kier alpha value is -0.610. The van der Waals surface area contributed by atoms with E-state index in [-0.39, 0.29) is 29.8 Å². The fourth-order valence-corrected chi connectivity index (χ4v) is 1.96. The lowest BCUT2D eigenvalue weighted by molar-refractivity contribution is -0.164. The maximum Gasteiger partial charge on any atom is 0.218 e. The minimum absolute atomic E-state index is 0.0445. The zero-order valence-corrected chi connectivity index (χ0v) is 10.9. The van der Waals surface area contributed by atoms with E-state index in [9.17, 15) is 4.79 Å². The third-order valence-electron chi connectivity index (χ3n) is 3.49. The van der Waals surface area contributed by atoms with Crippen LogP contribution in [0.1, 0.15) is 40.5 Å². The van der Waals surface area contributed by atoms with Crippen LogP contribution in [0.4, 0.5) is 0 Å². The molecule has 0 aromatic carbocycles. The van der Waals surface area contributed by atoms with E-state index in [1.807, 2.05) is 0 Å². The van der Waals surface area contributed by atoms with E-state index < -0.39 is 0 Å². The third-order valence-corrected chi connectivity index (χ3v) is 3.49. The van der Waals surface area contributed by atoms with Gasteiger partial charge in [-0.05, 0) is 25.2 Å². The van der Waals surface area contributed by atoms with E-state index in [4.69, 9.17) is 9.47 Å². The summed E-state index contributed by atoms with van der Waals surface area (Å²) >= 11 is 0. The molecule has 4 nitrogen and oxygen atoms in total. The third kappa shape index (κ3) is 3.19. The van der Waals surface area contributed by atoms with Crippen molar-refractivity contribution in [3.05, 3.63) is 0 Å². The Morgan fingerprint density at radius 1 is 1.56 bits per heavy atom. The molecule has 0 spiro atoms. The van der Waals surface area contributed by atoms with Gasteiger partial charge in [-0.25, -0.2) is 0 Å². The van der Waals surface area contributed by atoms with E-state index in [1.54, 1.807) is 7.11 Å². The molecule has 1 N–H and O–H groups in total. The molecule has 94 valence electrons. The largest absolute Gasteiger partial charge is 0.370 e. The molecule has 0 bridgehead atoms. The van der Waals surface area contributed by atoms with Crippen LogP contribution in [0.3, 0.4) is 0 Å². The second-order valence-corrected chi connectivity index (χ2v) is 5.20. The van der Waals surface area contributed by atoms with E-state index in [0.29, 0.717) is 0 Å². The SMILES string of the molecule is CO[C@H](NC(C)=O)[C@@H]1CCC(C)(C)[C@@H](C)O1. The summed E-state index contributed by atoms with van der Waals surface area (Å²) in [6.45, 7) is 7.97. The monoisotopic (exact) mass is 229 g/mol. The second-order valence-electron chi connectivity index (χ2n) is 5.20. The Morgan fingerprint density at radius 3 is 2.62 bits per heavy atom. The van der Waals surface area contributed by atoms with E-state index >= 15 is 0 Å². The maximum atomic E-state index is 11.0. The van der Waals surface area contributed by atoms with E-state index in [0.717, 1.165) is 12.8 Å². The molecule has 0 aromatic rings. The van der Waals surface area contributed by atoms with Crippen molar-refractivity contribution in [3.8, 4) is 0 Å². The Bertz CT molecular complexity index is 253. The summed E-state index contributed by atoms with van der Waals surface area (Å²) in [7, 11) is 1.59. The fraction of sp³-hybridized carbons (Fsp3) is 0.917. The maximum absolute atomic E-state index is 11.0. The van der Waals surface area contributed by atoms with Crippen LogP contribution < -0.4 is 5.32 Å². The van der Waals surface area contributed by atoms with Gasteiger partial charge in [0, 0.05) is 14.0 Å². The van der Waals surface area contributed by atoms with Crippen LogP contribution >= 0.6 is 0 Å². The zero-order valence-electron chi connectivity index (χ0n) is 10.9. The number of nitrogens with one attached hydrogen (secondary N) is 1. The molecule has 0 unspecified atom stereocenters. The lowest BCUT2D eigenvalue weighted by Gasteiger charge is -2.42. The number of carbonyl (C=O) groups excluding carboxylic acids is 1. The van der Waals surface area contributed by atoms with Crippen LogP contribution in [0.25, 0.3) is 0 Å². The topological polar surface area (TPSA) is 47.6 Å². The molecule has 0 radical (unpaired) electrons. The molecule has 3 atom stereocenters. The van der Waals surface area contributed by atoms with Crippen molar-refractivity contribution in [2.24, 2.45) is 5.41 Å². The molecular formula is C12H23NO3. The van der Waals surface area contributed by atoms with E-state index in [1.165, 1.54) is 6.92 Å². The molecule has 1 fully saturated rings. The van der Waals surface area contributed by atoms with E-state index in [2.05, 4.69) is 26.1 Å². The number of hydrogen-bond acceptors (Lipinski definition) is 3. The lowest BCUT2D eigenvalue weighted by Crippen LogP contribution is -2.50. The summed E-state index contributed by atoms with van der Waals surface area (Å²) < 4.78 is 11.2. The number of hydrogen-bond donors (Lipinski definition) is 1. The number of methoxy groups -OCH3 is 1. The van der Waals surface area contributed by atoms with Gasteiger partial charge in [-0.1, -0.05) is 13.8 Å². The van der Waals surface area contributed by atoms with Crippen LogP contribution in [-0.2, 0) is 14.3 Å². The van der Waals surface area contributed by atoms with Crippen molar-refractivity contribution in [1.29, 1.82) is 0 Å². The highest BCUT2D eigenvalue weighted by Gasteiger charge is 2.37. The summed E-state index contributed by atoms with van der Waals surface area (Å²) in [5.74, 6) is -0.0899. The minimum Gasteiger partial charge on any atom is -0.370 e. The summed E-state index contributed by atoms with van der Waals surface area (Å²) in [4.78, 5) is 11.0. The van der Waals surface area contributed by atoms with Gasteiger partial charge in [0.2, 0.25) is 5.91 Å². The van der Waals surface area contributed by atoms with Gasteiger partial charge in [0.15, 0.2) is 6.23 Å². The summed E-state index contributed by atoms with van der Waals surface area (Å²) in [5.41, 5.74) is 0.199. The summed E-state index contributed by atoms with van der Waals surface area (Å²) in [6.07, 6.45) is 1.79. The molecule has 0 aliphatic carbocycles. The van der Waals surface area contributed by atoms with Gasteiger partial charge < -0.3 is 14.8 Å². The Morgan fingerprint density at radius 2 is 2.19 bits per heavy atom. The average molecular weight is 229 g/mol. The van der Waals surface area contributed by atoms with Gasteiger partial charge in [-0.3, -0.25) is 4.79 Å². The highest BCUT2D eigenvalue weighted by Crippen LogP contribution is 2.36. The Kier molecular flexibility index (Phi) is 4.33. The van der Waals surface area contributed by atoms with Crippen LogP contribution in [-0.4, -0.2) is 31.5 Å².